The van der Waals surface area contributed by atoms with Crippen LogP contribution in [0, 0.1) is 11.7 Å². The molecule has 0 aromatic heterocycles. The second kappa shape index (κ2) is 8.82. The van der Waals surface area contributed by atoms with E-state index in [4.69, 9.17) is 10.5 Å². The largest absolute Gasteiger partial charge is 0.381 e. The van der Waals surface area contributed by atoms with Gasteiger partial charge in [0.15, 0.2) is 0 Å². The van der Waals surface area contributed by atoms with Gasteiger partial charge in [0.05, 0.1) is 6.04 Å². The lowest BCUT2D eigenvalue weighted by atomic mass is 9.91. The molecule has 7 heteroatoms. The fraction of sp³-hybridized carbons (Fsp3) is 0.533. The van der Waals surface area contributed by atoms with Gasteiger partial charge in [-0.2, -0.15) is 0 Å². The molecule has 1 aliphatic rings. The molecule has 2 N–H and O–H groups in total. The van der Waals surface area contributed by atoms with Crippen molar-refractivity contribution in [3.63, 3.8) is 0 Å². The van der Waals surface area contributed by atoms with Crippen molar-refractivity contribution in [2.75, 3.05) is 20.3 Å². The molecular formula is C15H21BrClFN2O2. The van der Waals surface area contributed by atoms with Gasteiger partial charge in [-0.1, -0.05) is 15.9 Å². The molecule has 1 amide bonds. The Morgan fingerprint density at radius 1 is 1.50 bits per heavy atom. The maximum absolute atomic E-state index is 13.7. The lowest BCUT2D eigenvalue weighted by molar-refractivity contribution is -0.133. The van der Waals surface area contributed by atoms with E-state index < -0.39 is 6.04 Å². The van der Waals surface area contributed by atoms with Crippen molar-refractivity contribution in [2.45, 2.75) is 25.4 Å². The van der Waals surface area contributed by atoms with E-state index in [0.717, 1.165) is 17.3 Å². The van der Waals surface area contributed by atoms with E-state index in [1.807, 2.05) is 0 Å². The average Bonchev–Trinajstić information content (AvgIpc) is 2.50. The molecule has 124 valence electrons. The number of benzene rings is 1. The van der Waals surface area contributed by atoms with Crippen LogP contribution in [0.2, 0.25) is 0 Å². The fourth-order valence-electron chi connectivity index (χ4n) is 2.53. The van der Waals surface area contributed by atoms with Crippen molar-refractivity contribution in [2.24, 2.45) is 11.7 Å². The summed E-state index contributed by atoms with van der Waals surface area (Å²) < 4.78 is 19.8. The zero-order chi connectivity index (χ0) is 15.4. The van der Waals surface area contributed by atoms with Gasteiger partial charge in [0, 0.05) is 36.8 Å². The molecule has 22 heavy (non-hydrogen) atoms. The zero-order valence-corrected chi connectivity index (χ0v) is 14.8. The zero-order valence-electron chi connectivity index (χ0n) is 12.4. The molecule has 1 heterocycles. The molecule has 1 aromatic rings. The monoisotopic (exact) mass is 394 g/mol. The van der Waals surface area contributed by atoms with Gasteiger partial charge in [0.25, 0.3) is 0 Å². The van der Waals surface area contributed by atoms with Crippen molar-refractivity contribution >= 4 is 34.2 Å². The quantitative estimate of drug-likeness (QED) is 0.853. The maximum Gasteiger partial charge on any atom is 0.239 e. The molecule has 1 unspecified atom stereocenters. The minimum atomic E-state index is -0.547. The van der Waals surface area contributed by atoms with Crippen LogP contribution >= 0.6 is 28.3 Å². The van der Waals surface area contributed by atoms with Crippen molar-refractivity contribution in [3.8, 4) is 0 Å². The van der Waals surface area contributed by atoms with Crippen LogP contribution in [0.3, 0.4) is 0 Å². The summed E-state index contributed by atoms with van der Waals surface area (Å²) in [5.41, 5.74) is 6.54. The van der Waals surface area contributed by atoms with Crippen LogP contribution in [0.5, 0.6) is 0 Å². The molecule has 0 aliphatic carbocycles. The fourth-order valence-corrected chi connectivity index (χ4v) is 2.94. The molecule has 1 aromatic carbocycles. The minimum Gasteiger partial charge on any atom is -0.381 e. The third kappa shape index (κ3) is 4.91. The molecule has 4 nitrogen and oxygen atoms in total. The van der Waals surface area contributed by atoms with Crippen molar-refractivity contribution in [1.29, 1.82) is 0 Å². The Bertz CT molecular complexity index is 512. The number of nitrogens with zero attached hydrogens (tertiary/aromatic N) is 1. The summed E-state index contributed by atoms with van der Waals surface area (Å²) in [6.45, 7) is 1.51. The van der Waals surface area contributed by atoms with E-state index in [9.17, 15) is 9.18 Å². The lowest BCUT2D eigenvalue weighted by Gasteiger charge is -2.30. The molecule has 0 bridgehead atoms. The number of hydrogen-bond acceptors (Lipinski definition) is 3. The molecule has 0 spiro atoms. The SMILES string of the molecule is CN(Cc1cc(Br)ccc1F)C(=O)C(N)C1CCOCC1.Cl. The summed E-state index contributed by atoms with van der Waals surface area (Å²) in [5.74, 6) is -0.334. The second-order valence-corrected chi connectivity index (χ2v) is 6.32. The first-order valence-electron chi connectivity index (χ1n) is 7.01. The predicted molar refractivity (Wildman–Crippen MR) is 89.3 cm³/mol. The van der Waals surface area contributed by atoms with E-state index in [-0.39, 0.29) is 36.6 Å². The number of amides is 1. The molecule has 0 radical (unpaired) electrons. The first kappa shape index (κ1) is 19.4. The number of hydrogen-bond donors (Lipinski definition) is 1. The topological polar surface area (TPSA) is 55.6 Å². The Morgan fingerprint density at radius 3 is 2.77 bits per heavy atom. The number of carbonyl (C=O) groups is 1. The van der Waals surface area contributed by atoms with Crippen molar-refractivity contribution in [1.82, 2.24) is 4.90 Å². The van der Waals surface area contributed by atoms with Crippen LogP contribution in [0.15, 0.2) is 22.7 Å². The molecule has 1 atom stereocenters. The van der Waals surface area contributed by atoms with Crippen LogP contribution in [0.1, 0.15) is 18.4 Å². The van der Waals surface area contributed by atoms with E-state index in [2.05, 4.69) is 15.9 Å². The third-order valence-corrected chi connectivity index (χ3v) is 4.34. The standard InChI is InChI=1S/C15H20BrFN2O2.ClH/c1-19(9-11-8-12(16)2-3-13(11)17)15(20)14(18)10-4-6-21-7-5-10;/h2-3,8,10,14H,4-7,9,18H2,1H3;1H. The van der Waals surface area contributed by atoms with Gasteiger partial charge < -0.3 is 15.4 Å². The Morgan fingerprint density at radius 2 is 2.14 bits per heavy atom. The summed E-state index contributed by atoms with van der Waals surface area (Å²) in [6, 6.07) is 4.15. The summed E-state index contributed by atoms with van der Waals surface area (Å²) in [7, 11) is 1.65. The summed E-state index contributed by atoms with van der Waals surface area (Å²) in [6.07, 6.45) is 1.60. The van der Waals surface area contributed by atoms with Crippen LogP contribution < -0.4 is 5.73 Å². The number of halogens is 3. The normalized spacial score (nSPS) is 16.7. The van der Waals surface area contributed by atoms with Gasteiger partial charge in [0.2, 0.25) is 5.91 Å². The van der Waals surface area contributed by atoms with Gasteiger partial charge in [-0.15, -0.1) is 12.4 Å². The third-order valence-electron chi connectivity index (χ3n) is 3.85. The summed E-state index contributed by atoms with van der Waals surface area (Å²) in [5, 5.41) is 0. The number of rotatable bonds is 4. The Hall–Kier alpha value is -0.690. The highest BCUT2D eigenvalue weighted by atomic mass is 79.9. The van der Waals surface area contributed by atoms with Crippen LogP contribution in [-0.4, -0.2) is 37.1 Å². The lowest BCUT2D eigenvalue weighted by Crippen LogP contribution is -2.47. The van der Waals surface area contributed by atoms with E-state index in [1.165, 1.54) is 11.0 Å². The Labute approximate surface area is 144 Å². The van der Waals surface area contributed by atoms with Gasteiger partial charge in [-0.05, 0) is 37.0 Å². The van der Waals surface area contributed by atoms with Crippen molar-refractivity contribution in [3.05, 3.63) is 34.1 Å². The van der Waals surface area contributed by atoms with Gasteiger partial charge >= 0.3 is 0 Å². The van der Waals surface area contributed by atoms with E-state index in [0.29, 0.717) is 18.8 Å². The predicted octanol–water partition coefficient (Wildman–Crippen LogP) is 2.72. The number of nitrogens with two attached hydrogens (primary N) is 1. The highest BCUT2D eigenvalue weighted by molar-refractivity contribution is 9.10. The summed E-state index contributed by atoms with van der Waals surface area (Å²) in [4.78, 5) is 13.9. The molecule has 1 saturated heterocycles. The summed E-state index contributed by atoms with van der Waals surface area (Å²) >= 11 is 3.31. The molecule has 2 rings (SSSR count). The molecule has 0 saturated carbocycles. The minimum absolute atomic E-state index is 0. The van der Waals surface area contributed by atoms with E-state index in [1.54, 1.807) is 19.2 Å². The second-order valence-electron chi connectivity index (χ2n) is 5.41. The van der Waals surface area contributed by atoms with Gasteiger partial charge in [-0.25, -0.2) is 4.39 Å². The average molecular weight is 396 g/mol. The number of carbonyl (C=O) groups excluding carboxylic acids is 1. The molecular weight excluding hydrogens is 375 g/mol. The van der Waals surface area contributed by atoms with Gasteiger partial charge in [-0.3, -0.25) is 4.79 Å². The highest BCUT2D eigenvalue weighted by Crippen LogP contribution is 2.20. The first-order valence-corrected chi connectivity index (χ1v) is 7.80. The molecule has 1 fully saturated rings. The number of likely N-dealkylation sites (N-methyl/N-ethyl adjacent to an activating group) is 1. The van der Waals surface area contributed by atoms with Crippen molar-refractivity contribution < 1.29 is 13.9 Å². The van der Waals surface area contributed by atoms with Gasteiger partial charge in [0.1, 0.15) is 5.82 Å². The van der Waals surface area contributed by atoms with Crippen LogP contribution in [-0.2, 0) is 16.1 Å². The smallest absolute Gasteiger partial charge is 0.239 e. The Balaban J connectivity index is 0.00000242. The highest BCUT2D eigenvalue weighted by Gasteiger charge is 2.28. The molecule has 1 aliphatic heterocycles. The maximum atomic E-state index is 13.7. The Kier molecular flexibility index (Phi) is 7.76. The van der Waals surface area contributed by atoms with Crippen LogP contribution in [0.4, 0.5) is 4.39 Å². The first-order chi connectivity index (χ1) is 9.99. The van der Waals surface area contributed by atoms with E-state index >= 15 is 0 Å². The van der Waals surface area contributed by atoms with Crippen LogP contribution in [0.25, 0.3) is 0 Å². The number of ether oxygens (including phenoxy) is 1.